The van der Waals surface area contributed by atoms with Gasteiger partial charge in [0.2, 0.25) is 0 Å². The number of aliphatic hydroxyl groups is 2. The SMILES string of the molecule is CC1(C)OC[C@@]2(O1)[C@@H](O)[C@@H](COC(=O)c1ccccc1)[C@]13C(O)[C@H]2C(C)(C)[C@H]1CC[C@@H]3COCc1ccccc1. The van der Waals surface area contributed by atoms with Crippen LogP contribution in [0.3, 0.4) is 0 Å². The molecule has 2 aromatic carbocycles. The van der Waals surface area contributed by atoms with E-state index in [0.29, 0.717) is 18.8 Å². The molecule has 4 fully saturated rings. The van der Waals surface area contributed by atoms with E-state index in [1.807, 2.05) is 50.2 Å². The fourth-order valence-electron chi connectivity index (χ4n) is 9.29. The van der Waals surface area contributed by atoms with Crippen LogP contribution in [0.2, 0.25) is 0 Å². The number of hydrogen-bond donors (Lipinski definition) is 2. The van der Waals surface area contributed by atoms with Crippen molar-refractivity contribution in [2.45, 2.75) is 70.7 Å². The molecular formula is C33H42O7. The zero-order valence-electron chi connectivity index (χ0n) is 23.9. The number of esters is 1. The summed E-state index contributed by atoms with van der Waals surface area (Å²) in [4.78, 5) is 13.1. The first-order chi connectivity index (χ1) is 19.0. The summed E-state index contributed by atoms with van der Waals surface area (Å²) in [5.41, 5.74) is -0.604. The third-order valence-electron chi connectivity index (χ3n) is 10.6. The molecule has 3 saturated carbocycles. The van der Waals surface area contributed by atoms with E-state index in [2.05, 4.69) is 13.8 Å². The monoisotopic (exact) mass is 550 g/mol. The van der Waals surface area contributed by atoms with Gasteiger partial charge in [0.25, 0.3) is 0 Å². The van der Waals surface area contributed by atoms with Crippen molar-refractivity contribution in [3.8, 4) is 0 Å². The fourth-order valence-corrected chi connectivity index (χ4v) is 9.29. The maximum Gasteiger partial charge on any atom is 0.338 e. The lowest BCUT2D eigenvalue weighted by atomic mass is 9.54. The summed E-state index contributed by atoms with van der Waals surface area (Å²) >= 11 is 0. The molecule has 2 N–H and O–H groups in total. The largest absolute Gasteiger partial charge is 0.462 e. The molecule has 2 bridgehead atoms. The summed E-state index contributed by atoms with van der Waals surface area (Å²) in [6, 6.07) is 18.9. The standard InChI is InChI=1S/C33H42O7/c1-30(2)25-16-15-23(18-37-17-21-11-7-5-8-12-21)33(25)24(19-38-29(36)22-13-9-6-10-14-22)27(34)32(26(30)28(33)35)20-39-31(3,4)40-32/h5-14,23-28,34-35H,15-20H2,1-4H3/t23-,24-,25-,26+,27+,28?,32+,33+/m1/s1. The zero-order valence-corrected chi connectivity index (χ0v) is 23.9. The molecule has 3 aliphatic carbocycles. The van der Waals surface area contributed by atoms with E-state index in [9.17, 15) is 15.0 Å². The van der Waals surface area contributed by atoms with E-state index in [1.54, 1.807) is 24.3 Å². The van der Waals surface area contributed by atoms with Gasteiger partial charge in [0.15, 0.2) is 5.79 Å². The number of ether oxygens (including phenoxy) is 4. The van der Waals surface area contributed by atoms with Crippen LogP contribution in [0.5, 0.6) is 0 Å². The number of benzene rings is 2. The number of carbonyl (C=O) groups excluding carboxylic acids is 1. The number of rotatable bonds is 7. The predicted octanol–water partition coefficient (Wildman–Crippen LogP) is 4.60. The van der Waals surface area contributed by atoms with Crippen LogP contribution < -0.4 is 0 Å². The molecule has 6 rings (SSSR count). The molecule has 7 nitrogen and oxygen atoms in total. The van der Waals surface area contributed by atoms with E-state index >= 15 is 0 Å². The minimum Gasteiger partial charge on any atom is -0.462 e. The quantitative estimate of drug-likeness (QED) is 0.487. The maximum atomic E-state index is 13.1. The van der Waals surface area contributed by atoms with Gasteiger partial charge in [-0.25, -0.2) is 4.79 Å². The van der Waals surface area contributed by atoms with Crippen molar-refractivity contribution in [2.75, 3.05) is 19.8 Å². The average molecular weight is 551 g/mol. The fraction of sp³-hybridized carbons (Fsp3) is 0.606. The molecule has 7 heteroatoms. The van der Waals surface area contributed by atoms with Gasteiger partial charge in [-0.15, -0.1) is 0 Å². The van der Waals surface area contributed by atoms with Crippen LogP contribution >= 0.6 is 0 Å². The minimum absolute atomic E-state index is 0.0109. The highest BCUT2D eigenvalue weighted by molar-refractivity contribution is 5.89. The highest BCUT2D eigenvalue weighted by Gasteiger charge is 2.81. The molecule has 4 aliphatic rings. The molecule has 0 amide bonds. The Hall–Kier alpha value is -2.29. The van der Waals surface area contributed by atoms with Gasteiger partial charge in [0.1, 0.15) is 5.60 Å². The number of aliphatic hydroxyl groups excluding tert-OH is 2. The second-order valence-corrected chi connectivity index (χ2v) is 13.3. The Bertz CT molecular complexity index is 1210. The van der Waals surface area contributed by atoms with Crippen LogP contribution in [0.15, 0.2) is 60.7 Å². The van der Waals surface area contributed by atoms with Crippen LogP contribution in [-0.2, 0) is 25.6 Å². The van der Waals surface area contributed by atoms with Crippen molar-refractivity contribution in [1.82, 2.24) is 0 Å². The molecule has 0 radical (unpaired) electrons. The van der Waals surface area contributed by atoms with Crippen LogP contribution in [0, 0.1) is 34.5 Å². The molecule has 0 aromatic heterocycles. The van der Waals surface area contributed by atoms with Crippen molar-refractivity contribution in [3.63, 3.8) is 0 Å². The summed E-state index contributed by atoms with van der Waals surface area (Å²) in [5, 5.41) is 24.7. The van der Waals surface area contributed by atoms with Gasteiger partial charge in [0, 0.05) is 17.3 Å². The Morgan fingerprint density at radius 1 is 0.925 bits per heavy atom. The highest BCUT2D eigenvalue weighted by Crippen LogP contribution is 2.76. The second kappa shape index (κ2) is 9.92. The first-order valence-electron chi connectivity index (χ1n) is 14.6. The summed E-state index contributed by atoms with van der Waals surface area (Å²) < 4.78 is 24.9. The van der Waals surface area contributed by atoms with Gasteiger partial charge in [-0.3, -0.25) is 0 Å². The van der Waals surface area contributed by atoms with Gasteiger partial charge in [0.05, 0.1) is 44.2 Å². The van der Waals surface area contributed by atoms with E-state index < -0.39 is 40.9 Å². The Morgan fingerprint density at radius 2 is 1.60 bits per heavy atom. The van der Waals surface area contributed by atoms with E-state index in [-0.39, 0.29) is 36.4 Å². The summed E-state index contributed by atoms with van der Waals surface area (Å²) in [6.07, 6.45) is 0.000906. The Kier molecular flexibility index (Phi) is 6.91. The lowest BCUT2D eigenvalue weighted by molar-refractivity contribution is -0.270. The van der Waals surface area contributed by atoms with Gasteiger partial charge in [-0.1, -0.05) is 62.4 Å². The molecule has 216 valence electrons. The van der Waals surface area contributed by atoms with Gasteiger partial charge < -0.3 is 29.2 Å². The number of fused-ring (bicyclic) bond motifs is 2. The van der Waals surface area contributed by atoms with Gasteiger partial charge in [-0.2, -0.15) is 0 Å². The van der Waals surface area contributed by atoms with Crippen molar-refractivity contribution in [2.24, 2.45) is 34.5 Å². The highest BCUT2D eigenvalue weighted by atomic mass is 16.8. The molecule has 2 aromatic rings. The molecule has 1 saturated heterocycles. The van der Waals surface area contributed by atoms with Gasteiger partial charge in [-0.05, 0) is 61.6 Å². The lowest BCUT2D eigenvalue weighted by Gasteiger charge is -2.56. The topological polar surface area (TPSA) is 94.5 Å². The Labute approximate surface area is 236 Å². The smallest absolute Gasteiger partial charge is 0.338 e. The predicted molar refractivity (Wildman–Crippen MR) is 148 cm³/mol. The Morgan fingerprint density at radius 3 is 2.25 bits per heavy atom. The molecule has 40 heavy (non-hydrogen) atoms. The van der Waals surface area contributed by atoms with E-state index in [4.69, 9.17) is 18.9 Å². The first kappa shape index (κ1) is 27.9. The number of hydrogen-bond acceptors (Lipinski definition) is 7. The van der Waals surface area contributed by atoms with Crippen molar-refractivity contribution < 1.29 is 34.0 Å². The maximum absolute atomic E-state index is 13.1. The van der Waals surface area contributed by atoms with Crippen molar-refractivity contribution in [3.05, 3.63) is 71.8 Å². The first-order valence-corrected chi connectivity index (χ1v) is 14.6. The van der Waals surface area contributed by atoms with Crippen LogP contribution in [0.4, 0.5) is 0 Å². The molecule has 1 heterocycles. The normalized spacial score (nSPS) is 38.9. The summed E-state index contributed by atoms with van der Waals surface area (Å²) in [6.45, 7) is 9.17. The third kappa shape index (κ3) is 4.08. The van der Waals surface area contributed by atoms with Gasteiger partial charge >= 0.3 is 5.97 Å². The number of carbonyl (C=O) groups is 1. The molecule has 1 unspecified atom stereocenters. The molecule has 8 atom stereocenters. The van der Waals surface area contributed by atoms with Crippen molar-refractivity contribution >= 4 is 5.97 Å². The minimum atomic E-state index is -1.11. The third-order valence-corrected chi connectivity index (χ3v) is 10.6. The Balaban J connectivity index is 1.36. The van der Waals surface area contributed by atoms with E-state index in [0.717, 1.165) is 18.4 Å². The lowest BCUT2D eigenvalue weighted by Crippen LogP contribution is -2.69. The second-order valence-electron chi connectivity index (χ2n) is 13.3. The van der Waals surface area contributed by atoms with Crippen LogP contribution in [-0.4, -0.2) is 59.6 Å². The summed E-state index contributed by atoms with van der Waals surface area (Å²) in [5.74, 6) is -2.16. The zero-order chi connectivity index (χ0) is 28.3. The van der Waals surface area contributed by atoms with Crippen molar-refractivity contribution in [1.29, 1.82) is 0 Å². The molecule has 2 spiro atoms. The average Bonchev–Trinajstić information content (AvgIpc) is 3.51. The molecular weight excluding hydrogens is 508 g/mol. The van der Waals surface area contributed by atoms with E-state index in [1.165, 1.54) is 0 Å². The van der Waals surface area contributed by atoms with Crippen LogP contribution in [0.1, 0.15) is 56.5 Å². The molecule has 1 aliphatic heterocycles. The summed E-state index contributed by atoms with van der Waals surface area (Å²) in [7, 11) is 0. The van der Waals surface area contributed by atoms with Crippen LogP contribution in [0.25, 0.3) is 0 Å².